The standard InChI is InChI=1S/C6H6ClNO2S/c1-11(9,10)5-2-3-8-6(7)4-5/h2-4H,1H3. The van der Waals surface area contributed by atoms with Crippen LogP contribution >= 0.6 is 11.6 Å². The molecule has 0 radical (unpaired) electrons. The smallest absolute Gasteiger partial charge is 0.175 e. The summed E-state index contributed by atoms with van der Waals surface area (Å²) in [6.45, 7) is 0. The third-order valence-electron chi connectivity index (χ3n) is 1.13. The second kappa shape index (κ2) is 2.79. The fourth-order valence-corrected chi connectivity index (χ4v) is 1.49. The number of pyridine rings is 1. The number of sulfone groups is 1. The van der Waals surface area contributed by atoms with E-state index in [4.69, 9.17) is 11.6 Å². The van der Waals surface area contributed by atoms with Crippen molar-refractivity contribution in [3.63, 3.8) is 0 Å². The highest BCUT2D eigenvalue weighted by molar-refractivity contribution is 7.90. The fraction of sp³-hybridized carbons (Fsp3) is 0.167. The Morgan fingerprint density at radius 2 is 2.18 bits per heavy atom. The van der Waals surface area contributed by atoms with Crippen molar-refractivity contribution in [2.24, 2.45) is 0 Å². The predicted octanol–water partition coefficient (Wildman–Crippen LogP) is 1.14. The van der Waals surface area contributed by atoms with E-state index in [2.05, 4.69) is 4.98 Å². The molecule has 0 aliphatic carbocycles. The Morgan fingerprint density at radius 1 is 1.55 bits per heavy atom. The van der Waals surface area contributed by atoms with Crippen LogP contribution in [0.25, 0.3) is 0 Å². The molecule has 60 valence electrons. The molecule has 0 unspecified atom stereocenters. The molecule has 11 heavy (non-hydrogen) atoms. The van der Waals surface area contributed by atoms with E-state index in [1.807, 2.05) is 0 Å². The van der Waals surface area contributed by atoms with Gasteiger partial charge in [-0.2, -0.15) is 0 Å². The van der Waals surface area contributed by atoms with E-state index < -0.39 is 9.84 Å². The van der Waals surface area contributed by atoms with Crippen molar-refractivity contribution in [2.45, 2.75) is 4.90 Å². The zero-order chi connectivity index (χ0) is 8.48. The number of rotatable bonds is 1. The lowest BCUT2D eigenvalue weighted by atomic mass is 10.5. The highest BCUT2D eigenvalue weighted by atomic mass is 35.5. The van der Waals surface area contributed by atoms with E-state index in [1.54, 1.807) is 0 Å². The molecule has 0 aromatic carbocycles. The van der Waals surface area contributed by atoms with E-state index in [9.17, 15) is 8.42 Å². The SMILES string of the molecule is CS(=O)(=O)c1ccnc(Cl)c1. The van der Waals surface area contributed by atoms with Gasteiger partial charge in [-0.25, -0.2) is 13.4 Å². The average molecular weight is 192 g/mol. The molecule has 0 aliphatic rings. The van der Waals surface area contributed by atoms with Crippen LogP contribution in [0.2, 0.25) is 5.15 Å². The molecule has 1 heterocycles. The number of hydrogen-bond donors (Lipinski definition) is 0. The quantitative estimate of drug-likeness (QED) is 0.626. The fourth-order valence-electron chi connectivity index (χ4n) is 0.615. The van der Waals surface area contributed by atoms with E-state index in [0.717, 1.165) is 6.26 Å². The van der Waals surface area contributed by atoms with E-state index in [1.165, 1.54) is 18.3 Å². The third-order valence-corrected chi connectivity index (χ3v) is 2.44. The van der Waals surface area contributed by atoms with E-state index in [0.29, 0.717) is 0 Å². The summed E-state index contributed by atoms with van der Waals surface area (Å²) in [5.41, 5.74) is 0. The lowest BCUT2D eigenvalue weighted by Crippen LogP contribution is -1.96. The Hall–Kier alpha value is -0.610. The van der Waals surface area contributed by atoms with Crippen LogP contribution in [0.1, 0.15) is 0 Å². The molecule has 5 heteroatoms. The number of aromatic nitrogens is 1. The first kappa shape index (κ1) is 8.49. The zero-order valence-electron chi connectivity index (χ0n) is 5.78. The van der Waals surface area contributed by atoms with Gasteiger partial charge in [-0.05, 0) is 12.1 Å². The predicted molar refractivity (Wildman–Crippen MR) is 42.4 cm³/mol. The summed E-state index contributed by atoms with van der Waals surface area (Å²) in [6, 6.07) is 2.72. The van der Waals surface area contributed by atoms with E-state index >= 15 is 0 Å². The lowest BCUT2D eigenvalue weighted by molar-refractivity contribution is 0.601. The minimum Gasteiger partial charge on any atom is -0.244 e. The Balaban J connectivity index is 3.28. The van der Waals surface area contributed by atoms with Gasteiger partial charge in [0.25, 0.3) is 0 Å². The Bertz CT molecular complexity index is 361. The summed E-state index contributed by atoms with van der Waals surface area (Å²) in [4.78, 5) is 3.85. The van der Waals surface area contributed by atoms with Crippen molar-refractivity contribution in [1.29, 1.82) is 0 Å². The zero-order valence-corrected chi connectivity index (χ0v) is 7.35. The maximum absolute atomic E-state index is 10.9. The third kappa shape index (κ3) is 2.17. The van der Waals surface area contributed by atoms with E-state index in [-0.39, 0.29) is 10.0 Å². The summed E-state index contributed by atoms with van der Waals surface area (Å²) >= 11 is 5.48. The normalized spacial score (nSPS) is 11.5. The Labute approximate surface area is 69.9 Å². The van der Waals surface area contributed by atoms with Crippen LogP contribution in [0, 0.1) is 0 Å². The molecule has 0 amide bonds. The van der Waals surface area contributed by atoms with Crippen LogP contribution in [-0.2, 0) is 9.84 Å². The molecule has 0 atom stereocenters. The van der Waals surface area contributed by atoms with Crippen molar-refractivity contribution in [3.8, 4) is 0 Å². The number of hydrogen-bond acceptors (Lipinski definition) is 3. The lowest BCUT2D eigenvalue weighted by Gasteiger charge is -1.95. The summed E-state index contributed by atoms with van der Waals surface area (Å²) in [6.07, 6.45) is 2.48. The second-order valence-corrected chi connectivity index (χ2v) is 4.49. The van der Waals surface area contributed by atoms with Crippen LogP contribution < -0.4 is 0 Å². The molecular weight excluding hydrogens is 186 g/mol. The monoisotopic (exact) mass is 191 g/mol. The molecule has 0 bridgehead atoms. The molecule has 0 saturated heterocycles. The average Bonchev–Trinajstić information content (AvgIpc) is 1.86. The van der Waals surface area contributed by atoms with Gasteiger partial charge < -0.3 is 0 Å². The van der Waals surface area contributed by atoms with Gasteiger partial charge in [-0.1, -0.05) is 11.6 Å². The maximum Gasteiger partial charge on any atom is 0.175 e. The van der Waals surface area contributed by atoms with Crippen molar-refractivity contribution in [2.75, 3.05) is 6.26 Å². The highest BCUT2D eigenvalue weighted by Gasteiger charge is 2.06. The van der Waals surface area contributed by atoms with Crippen molar-refractivity contribution < 1.29 is 8.42 Å². The summed E-state index contributed by atoms with van der Waals surface area (Å²) < 4.78 is 21.8. The summed E-state index contributed by atoms with van der Waals surface area (Å²) in [7, 11) is -3.15. The molecule has 0 spiro atoms. The molecule has 0 aliphatic heterocycles. The van der Waals surface area contributed by atoms with Gasteiger partial charge in [0.2, 0.25) is 0 Å². The van der Waals surface area contributed by atoms with Gasteiger partial charge in [0, 0.05) is 12.5 Å². The van der Waals surface area contributed by atoms with Crippen molar-refractivity contribution in [1.82, 2.24) is 4.98 Å². The van der Waals surface area contributed by atoms with Crippen LogP contribution in [-0.4, -0.2) is 19.7 Å². The van der Waals surface area contributed by atoms with Crippen LogP contribution in [0.3, 0.4) is 0 Å². The van der Waals surface area contributed by atoms with Gasteiger partial charge in [-0.15, -0.1) is 0 Å². The van der Waals surface area contributed by atoms with Crippen LogP contribution in [0.4, 0.5) is 0 Å². The van der Waals surface area contributed by atoms with Gasteiger partial charge in [0.15, 0.2) is 9.84 Å². The van der Waals surface area contributed by atoms with Gasteiger partial charge in [0.05, 0.1) is 4.90 Å². The number of halogens is 1. The minimum atomic E-state index is -3.15. The Kier molecular flexibility index (Phi) is 2.15. The molecule has 0 fully saturated rings. The van der Waals surface area contributed by atoms with Gasteiger partial charge in [-0.3, -0.25) is 0 Å². The maximum atomic E-state index is 10.9. The first-order chi connectivity index (χ1) is 5.00. The summed E-state index contributed by atoms with van der Waals surface area (Å²) in [5, 5.41) is 0.188. The molecular formula is C6H6ClNO2S. The van der Waals surface area contributed by atoms with Crippen molar-refractivity contribution in [3.05, 3.63) is 23.5 Å². The molecule has 3 nitrogen and oxygen atoms in total. The van der Waals surface area contributed by atoms with Crippen LogP contribution in [0.15, 0.2) is 23.2 Å². The van der Waals surface area contributed by atoms with Crippen LogP contribution in [0.5, 0.6) is 0 Å². The number of nitrogens with zero attached hydrogens (tertiary/aromatic N) is 1. The molecule has 0 N–H and O–H groups in total. The molecule has 1 rings (SSSR count). The minimum absolute atomic E-state index is 0.188. The van der Waals surface area contributed by atoms with Gasteiger partial charge in [0.1, 0.15) is 5.15 Å². The first-order valence-electron chi connectivity index (χ1n) is 2.82. The highest BCUT2D eigenvalue weighted by Crippen LogP contribution is 2.11. The second-order valence-electron chi connectivity index (χ2n) is 2.09. The van der Waals surface area contributed by atoms with Crippen molar-refractivity contribution >= 4 is 21.4 Å². The molecule has 1 aromatic rings. The molecule has 0 saturated carbocycles. The largest absolute Gasteiger partial charge is 0.244 e. The van der Waals surface area contributed by atoms with Gasteiger partial charge >= 0.3 is 0 Å². The molecule has 1 aromatic heterocycles. The summed E-state index contributed by atoms with van der Waals surface area (Å²) in [5.74, 6) is 0. The first-order valence-corrected chi connectivity index (χ1v) is 5.09. The Morgan fingerprint density at radius 3 is 2.55 bits per heavy atom. The topological polar surface area (TPSA) is 47.0 Å².